The van der Waals surface area contributed by atoms with Gasteiger partial charge in [0.1, 0.15) is 0 Å². The van der Waals surface area contributed by atoms with E-state index in [-0.39, 0.29) is 18.7 Å². The fourth-order valence-corrected chi connectivity index (χ4v) is 1.55. The monoisotopic (exact) mass is 227 g/mol. The van der Waals surface area contributed by atoms with Crippen LogP contribution < -0.4 is 10.5 Å². The molecule has 0 aromatic heterocycles. The van der Waals surface area contributed by atoms with Crippen LogP contribution in [0.25, 0.3) is 0 Å². The van der Waals surface area contributed by atoms with Gasteiger partial charge in [0.2, 0.25) is 0 Å². The Kier molecular flexibility index (Phi) is 4.26. The maximum Gasteiger partial charge on any atom is 0.168 e. The SMILES string of the molecule is CCC(O)(CN)Cc1cccc(OC)c1F. The maximum absolute atomic E-state index is 13.8. The molecule has 1 aromatic carbocycles. The van der Waals surface area contributed by atoms with Gasteiger partial charge in [0.25, 0.3) is 0 Å². The van der Waals surface area contributed by atoms with Gasteiger partial charge in [-0.15, -0.1) is 0 Å². The summed E-state index contributed by atoms with van der Waals surface area (Å²) in [6.07, 6.45) is 0.684. The molecular formula is C12H18FNO2. The van der Waals surface area contributed by atoms with Crippen LogP contribution in [-0.2, 0) is 6.42 Å². The van der Waals surface area contributed by atoms with Crippen molar-refractivity contribution in [2.75, 3.05) is 13.7 Å². The van der Waals surface area contributed by atoms with E-state index in [0.29, 0.717) is 12.0 Å². The van der Waals surface area contributed by atoms with E-state index in [2.05, 4.69) is 0 Å². The van der Waals surface area contributed by atoms with Crippen LogP contribution in [0.5, 0.6) is 5.75 Å². The zero-order valence-electron chi connectivity index (χ0n) is 9.66. The highest BCUT2D eigenvalue weighted by Gasteiger charge is 2.25. The summed E-state index contributed by atoms with van der Waals surface area (Å²) >= 11 is 0. The lowest BCUT2D eigenvalue weighted by Crippen LogP contribution is -2.39. The van der Waals surface area contributed by atoms with Crippen molar-refractivity contribution >= 4 is 0 Å². The molecule has 0 spiro atoms. The molecule has 1 atom stereocenters. The number of hydrogen-bond donors (Lipinski definition) is 2. The smallest absolute Gasteiger partial charge is 0.168 e. The first-order chi connectivity index (χ1) is 7.56. The quantitative estimate of drug-likeness (QED) is 0.801. The van der Waals surface area contributed by atoms with Crippen molar-refractivity contribution in [3.63, 3.8) is 0 Å². The summed E-state index contributed by atoms with van der Waals surface area (Å²) in [5.41, 5.74) is 4.86. The summed E-state index contributed by atoms with van der Waals surface area (Å²) in [6, 6.07) is 4.88. The van der Waals surface area contributed by atoms with E-state index in [0.717, 1.165) is 0 Å². The average molecular weight is 227 g/mol. The predicted molar refractivity (Wildman–Crippen MR) is 61.0 cm³/mol. The van der Waals surface area contributed by atoms with Crippen molar-refractivity contribution in [2.24, 2.45) is 5.73 Å². The van der Waals surface area contributed by atoms with Crippen LogP contribution in [0, 0.1) is 5.82 Å². The van der Waals surface area contributed by atoms with Gasteiger partial charge in [-0.3, -0.25) is 0 Å². The Morgan fingerprint density at radius 2 is 2.19 bits per heavy atom. The highest BCUT2D eigenvalue weighted by molar-refractivity contribution is 5.32. The normalized spacial score (nSPS) is 14.6. The Balaban J connectivity index is 2.97. The lowest BCUT2D eigenvalue weighted by Gasteiger charge is -2.25. The molecule has 0 radical (unpaired) electrons. The molecule has 0 saturated heterocycles. The summed E-state index contributed by atoms with van der Waals surface area (Å²) < 4.78 is 18.7. The second-order valence-electron chi connectivity index (χ2n) is 3.89. The van der Waals surface area contributed by atoms with E-state index in [4.69, 9.17) is 10.5 Å². The molecule has 0 saturated carbocycles. The van der Waals surface area contributed by atoms with Gasteiger partial charge in [0.05, 0.1) is 12.7 Å². The van der Waals surface area contributed by atoms with E-state index >= 15 is 0 Å². The lowest BCUT2D eigenvalue weighted by atomic mass is 9.92. The standard InChI is InChI=1S/C12H18FNO2/c1-3-12(15,8-14)7-9-5-4-6-10(16-2)11(9)13/h4-6,15H,3,7-8,14H2,1-2H3. The van der Waals surface area contributed by atoms with Gasteiger partial charge in [-0.2, -0.15) is 0 Å². The van der Waals surface area contributed by atoms with Gasteiger partial charge in [0, 0.05) is 13.0 Å². The predicted octanol–water partition coefficient (Wildman–Crippen LogP) is 1.48. The fourth-order valence-electron chi connectivity index (χ4n) is 1.55. The number of methoxy groups -OCH3 is 1. The van der Waals surface area contributed by atoms with E-state index in [9.17, 15) is 9.50 Å². The molecule has 3 N–H and O–H groups in total. The number of halogens is 1. The van der Waals surface area contributed by atoms with Gasteiger partial charge in [-0.25, -0.2) is 4.39 Å². The van der Waals surface area contributed by atoms with Crippen LogP contribution in [0.4, 0.5) is 4.39 Å². The highest BCUT2D eigenvalue weighted by Crippen LogP contribution is 2.24. The van der Waals surface area contributed by atoms with Gasteiger partial charge in [-0.1, -0.05) is 19.1 Å². The van der Waals surface area contributed by atoms with E-state index < -0.39 is 11.4 Å². The number of ether oxygens (including phenoxy) is 1. The van der Waals surface area contributed by atoms with Gasteiger partial charge in [-0.05, 0) is 18.1 Å². The Labute approximate surface area is 95.0 Å². The molecule has 1 rings (SSSR count). The molecule has 4 heteroatoms. The first kappa shape index (κ1) is 12.9. The number of nitrogens with two attached hydrogens (primary N) is 1. The summed E-state index contributed by atoms with van der Waals surface area (Å²) in [5, 5.41) is 10.0. The molecule has 1 unspecified atom stereocenters. The number of aliphatic hydroxyl groups is 1. The highest BCUT2D eigenvalue weighted by atomic mass is 19.1. The van der Waals surface area contributed by atoms with Gasteiger partial charge < -0.3 is 15.6 Å². The molecule has 0 bridgehead atoms. The third-order valence-corrected chi connectivity index (χ3v) is 2.82. The molecule has 0 aliphatic carbocycles. The van der Waals surface area contributed by atoms with Crippen LogP contribution >= 0.6 is 0 Å². The van der Waals surface area contributed by atoms with Gasteiger partial charge in [0.15, 0.2) is 11.6 Å². The van der Waals surface area contributed by atoms with Crippen LogP contribution in [0.15, 0.2) is 18.2 Å². The summed E-state index contributed by atoms with van der Waals surface area (Å²) in [4.78, 5) is 0. The molecule has 0 fully saturated rings. The second-order valence-corrected chi connectivity index (χ2v) is 3.89. The summed E-state index contributed by atoms with van der Waals surface area (Å²) in [6.45, 7) is 1.94. The van der Waals surface area contributed by atoms with E-state index in [1.54, 1.807) is 18.2 Å². The van der Waals surface area contributed by atoms with Crippen LogP contribution in [0.3, 0.4) is 0 Å². The van der Waals surface area contributed by atoms with Crippen LogP contribution in [0.1, 0.15) is 18.9 Å². The molecule has 3 nitrogen and oxygen atoms in total. The van der Waals surface area contributed by atoms with Crippen LogP contribution in [-0.4, -0.2) is 24.4 Å². The van der Waals surface area contributed by atoms with Crippen LogP contribution in [0.2, 0.25) is 0 Å². The van der Waals surface area contributed by atoms with E-state index in [1.807, 2.05) is 6.92 Å². The Bertz CT molecular complexity index is 351. The number of benzene rings is 1. The van der Waals surface area contributed by atoms with E-state index in [1.165, 1.54) is 7.11 Å². The zero-order valence-corrected chi connectivity index (χ0v) is 9.66. The van der Waals surface area contributed by atoms with Crippen molar-refractivity contribution in [1.82, 2.24) is 0 Å². The maximum atomic E-state index is 13.8. The topological polar surface area (TPSA) is 55.5 Å². The molecule has 0 amide bonds. The van der Waals surface area contributed by atoms with Crippen molar-refractivity contribution in [2.45, 2.75) is 25.4 Å². The number of hydrogen-bond acceptors (Lipinski definition) is 3. The van der Waals surface area contributed by atoms with Crippen molar-refractivity contribution < 1.29 is 14.2 Å². The first-order valence-electron chi connectivity index (χ1n) is 5.30. The second kappa shape index (κ2) is 5.27. The minimum Gasteiger partial charge on any atom is -0.494 e. The van der Waals surface area contributed by atoms with Crippen molar-refractivity contribution in [1.29, 1.82) is 0 Å². The molecule has 1 aromatic rings. The molecule has 90 valence electrons. The largest absolute Gasteiger partial charge is 0.494 e. The molecular weight excluding hydrogens is 209 g/mol. The zero-order chi connectivity index (χ0) is 12.2. The Hall–Kier alpha value is -1.13. The van der Waals surface area contributed by atoms with Gasteiger partial charge >= 0.3 is 0 Å². The summed E-state index contributed by atoms with van der Waals surface area (Å²) in [7, 11) is 1.41. The summed E-state index contributed by atoms with van der Waals surface area (Å²) in [5.74, 6) is -0.238. The Morgan fingerprint density at radius 1 is 1.50 bits per heavy atom. The Morgan fingerprint density at radius 3 is 2.69 bits per heavy atom. The third-order valence-electron chi connectivity index (χ3n) is 2.82. The average Bonchev–Trinajstić information content (AvgIpc) is 2.32. The molecule has 0 aliphatic heterocycles. The molecule has 16 heavy (non-hydrogen) atoms. The van der Waals surface area contributed by atoms with Crippen molar-refractivity contribution in [3.05, 3.63) is 29.6 Å². The molecule has 0 heterocycles. The minimum atomic E-state index is -1.05. The first-order valence-corrected chi connectivity index (χ1v) is 5.30. The molecule has 0 aliphatic rings. The van der Waals surface area contributed by atoms with Crippen molar-refractivity contribution in [3.8, 4) is 5.75 Å². The third kappa shape index (κ3) is 2.71. The fraction of sp³-hybridized carbons (Fsp3) is 0.500. The minimum absolute atomic E-state index is 0.111. The lowest BCUT2D eigenvalue weighted by molar-refractivity contribution is 0.0447. The number of rotatable bonds is 5.